The van der Waals surface area contributed by atoms with Crippen LogP contribution < -0.4 is 10.1 Å². The lowest BCUT2D eigenvalue weighted by Gasteiger charge is -2.30. The maximum absolute atomic E-state index is 11.8. The summed E-state index contributed by atoms with van der Waals surface area (Å²) >= 11 is 0. The molecule has 1 aliphatic rings. The first-order chi connectivity index (χ1) is 9.05. The first kappa shape index (κ1) is 14.3. The van der Waals surface area contributed by atoms with Crippen LogP contribution >= 0.6 is 0 Å². The number of hydrogen-bond donors (Lipinski definition) is 1. The molecule has 2 rings (SSSR count). The Kier molecular flexibility index (Phi) is 4.47. The topological polar surface area (TPSA) is 55.4 Å². The highest BCUT2D eigenvalue weighted by atomic mass is 32.2. The van der Waals surface area contributed by atoms with Crippen LogP contribution in [-0.2, 0) is 9.84 Å². The van der Waals surface area contributed by atoms with Crippen LogP contribution in [0.4, 0.5) is 0 Å². The third-order valence-electron chi connectivity index (χ3n) is 3.76. The van der Waals surface area contributed by atoms with Crippen molar-refractivity contribution < 1.29 is 13.2 Å². The van der Waals surface area contributed by atoms with E-state index in [4.69, 9.17) is 4.74 Å². The van der Waals surface area contributed by atoms with Gasteiger partial charge >= 0.3 is 0 Å². The molecule has 1 aromatic rings. The minimum Gasteiger partial charge on any atom is -0.497 e. The average molecular weight is 283 g/mol. The molecule has 4 nitrogen and oxygen atoms in total. The van der Waals surface area contributed by atoms with E-state index in [0.29, 0.717) is 5.75 Å². The Morgan fingerprint density at radius 2 is 2.00 bits per heavy atom. The smallest absolute Gasteiger partial charge is 0.150 e. The Morgan fingerprint density at radius 3 is 2.53 bits per heavy atom. The SMILES string of the molecule is CNC(c1ccc(OC)cc1)C1CCCS(=O)(=O)C1. The summed E-state index contributed by atoms with van der Waals surface area (Å²) in [6.45, 7) is 0. The molecule has 0 saturated carbocycles. The van der Waals surface area contributed by atoms with Gasteiger partial charge in [-0.15, -0.1) is 0 Å². The highest BCUT2D eigenvalue weighted by Gasteiger charge is 2.30. The molecule has 0 aliphatic carbocycles. The molecule has 2 unspecified atom stereocenters. The van der Waals surface area contributed by atoms with Crippen molar-refractivity contribution in [3.05, 3.63) is 29.8 Å². The van der Waals surface area contributed by atoms with E-state index in [0.717, 1.165) is 24.2 Å². The van der Waals surface area contributed by atoms with Gasteiger partial charge in [0.05, 0.1) is 18.6 Å². The molecule has 1 aromatic carbocycles. The Morgan fingerprint density at radius 1 is 1.32 bits per heavy atom. The van der Waals surface area contributed by atoms with Gasteiger partial charge in [0.15, 0.2) is 9.84 Å². The first-order valence-electron chi connectivity index (χ1n) is 6.57. The van der Waals surface area contributed by atoms with Gasteiger partial charge in [0.2, 0.25) is 0 Å². The van der Waals surface area contributed by atoms with Crippen molar-refractivity contribution in [2.45, 2.75) is 18.9 Å². The van der Waals surface area contributed by atoms with Crippen LogP contribution in [0.1, 0.15) is 24.4 Å². The van der Waals surface area contributed by atoms with Gasteiger partial charge in [-0.1, -0.05) is 12.1 Å². The summed E-state index contributed by atoms with van der Waals surface area (Å²) in [7, 11) is 0.650. The lowest BCUT2D eigenvalue weighted by atomic mass is 9.90. The number of ether oxygens (including phenoxy) is 1. The lowest BCUT2D eigenvalue weighted by molar-refractivity contribution is 0.371. The van der Waals surface area contributed by atoms with Crippen LogP contribution in [-0.4, -0.2) is 34.1 Å². The van der Waals surface area contributed by atoms with Crippen molar-refractivity contribution in [1.29, 1.82) is 0 Å². The summed E-state index contributed by atoms with van der Waals surface area (Å²) in [5, 5.41) is 3.26. The summed E-state index contributed by atoms with van der Waals surface area (Å²) in [6.07, 6.45) is 1.72. The maximum Gasteiger partial charge on any atom is 0.150 e. The van der Waals surface area contributed by atoms with Crippen molar-refractivity contribution in [2.75, 3.05) is 25.7 Å². The summed E-state index contributed by atoms with van der Waals surface area (Å²) < 4.78 is 28.7. The molecule has 1 fully saturated rings. The molecule has 2 atom stereocenters. The fourth-order valence-corrected chi connectivity index (χ4v) is 4.59. The first-order valence-corrected chi connectivity index (χ1v) is 8.39. The van der Waals surface area contributed by atoms with Gasteiger partial charge in [0.1, 0.15) is 5.75 Å². The van der Waals surface area contributed by atoms with Crippen LogP contribution in [0.2, 0.25) is 0 Å². The molecule has 0 amide bonds. The van der Waals surface area contributed by atoms with Gasteiger partial charge in [-0.05, 0) is 43.5 Å². The number of hydrogen-bond acceptors (Lipinski definition) is 4. The van der Waals surface area contributed by atoms with Gasteiger partial charge in [-0.25, -0.2) is 8.42 Å². The monoisotopic (exact) mass is 283 g/mol. The molecular weight excluding hydrogens is 262 g/mol. The van der Waals surface area contributed by atoms with E-state index in [2.05, 4.69) is 5.32 Å². The number of methoxy groups -OCH3 is 1. The number of rotatable bonds is 4. The number of sulfone groups is 1. The normalized spacial score (nSPS) is 23.8. The minimum atomic E-state index is -2.87. The quantitative estimate of drug-likeness (QED) is 0.915. The van der Waals surface area contributed by atoms with Crippen molar-refractivity contribution in [3.8, 4) is 5.75 Å². The number of benzene rings is 1. The van der Waals surface area contributed by atoms with E-state index < -0.39 is 9.84 Å². The maximum atomic E-state index is 11.8. The van der Waals surface area contributed by atoms with Crippen molar-refractivity contribution in [2.24, 2.45) is 5.92 Å². The third kappa shape index (κ3) is 3.48. The second kappa shape index (κ2) is 5.92. The molecule has 0 bridgehead atoms. The third-order valence-corrected chi connectivity index (χ3v) is 5.60. The van der Waals surface area contributed by atoms with Crippen molar-refractivity contribution >= 4 is 9.84 Å². The van der Waals surface area contributed by atoms with E-state index >= 15 is 0 Å². The molecule has 1 N–H and O–H groups in total. The zero-order valence-corrected chi connectivity index (χ0v) is 12.2. The molecule has 5 heteroatoms. The van der Waals surface area contributed by atoms with Gasteiger partial charge in [-0.3, -0.25) is 0 Å². The molecule has 0 radical (unpaired) electrons. The average Bonchev–Trinajstić information content (AvgIpc) is 2.39. The summed E-state index contributed by atoms with van der Waals surface area (Å²) in [4.78, 5) is 0. The van der Waals surface area contributed by atoms with Crippen LogP contribution in [0.25, 0.3) is 0 Å². The predicted octanol–water partition coefficient (Wildman–Crippen LogP) is 1.78. The Labute approximate surface area is 115 Å². The Hall–Kier alpha value is -1.07. The molecule has 1 heterocycles. The van der Waals surface area contributed by atoms with Crippen LogP contribution in [0.5, 0.6) is 5.75 Å². The van der Waals surface area contributed by atoms with E-state index in [1.807, 2.05) is 31.3 Å². The van der Waals surface area contributed by atoms with Gasteiger partial charge in [0.25, 0.3) is 0 Å². The van der Waals surface area contributed by atoms with Gasteiger partial charge < -0.3 is 10.1 Å². The van der Waals surface area contributed by atoms with Gasteiger partial charge in [0, 0.05) is 6.04 Å². The summed E-state index contributed by atoms with van der Waals surface area (Å²) in [5.41, 5.74) is 1.12. The Bertz CT molecular complexity index is 510. The molecule has 1 aliphatic heterocycles. The zero-order valence-electron chi connectivity index (χ0n) is 11.4. The fraction of sp³-hybridized carbons (Fsp3) is 0.571. The van der Waals surface area contributed by atoms with Crippen LogP contribution in [0.3, 0.4) is 0 Å². The molecular formula is C14H21NO3S. The minimum absolute atomic E-state index is 0.0842. The summed E-state index contributed by atoms with van der Waals surface area (Å²) in [5.74, 6) is 1.58. The second-order valence-corrected chi connectivity index (χ2v) is 7.28. The van der Waals surface area contributed by atoms with Crippen molar-refractivity contribution in [1.82, 2.24) is 5.32 Å². The standard InChI is InChI=1S/C14H21NO3S/c1-15-14(11-5-7-13(18-2)8-6-11)12-4-3-9-19(16,17)10-12/h5-8,12,14-15H,3-4,9-10H2,1-2H3. The van der Waals surface area contributed by atoms with E-state index in [-0.39, 0.29) is 17.7 Å². The molecule has 106 valence electrons. The van der Waals surface area contributed by atoms with Crippen LogP contribution in [0.15, 0.2) is 24.3 Å². The zero-order chi connectivity index (χ0) is 13.9. The fourth-order valence-electron chi connectivity index (χ4n) is 2.81. The Balaban J connectivity index is 2.18. The highest BCUT2D eigenvalue weighted by molar-refractivity contribution is 7.91. The lowest BCUT2D eigenvalue weighted by Crippen LogP contribution is -2.34. The molecule has 0 spiro atoms. The highest BCUT2D eigenvalue weighted by Crippen LogP contribution is 2.31. The summed E-state index contributed by atoms with van der Waals surface area (Å²) in [6, 6.07) is 7.91. The number of nitrogens with one attached hydrogen (secondary N) is 1. The molecule has 19 heavy (non-hydrogen) atoms. The van der Waals surface area contributed by atoms with Gasteiger partial charge in [-0.2, -0.15) is 0 Å². The van der Waals surface area contributed by atoms with Crippen LogP contribution in [0, 0.1) is 5.92 Å². The molecule has 0 aromatic heterocycles. The van der Waals surface area contributed by atoms with E-state index in [1.54, 1.807) is 7.11 Å². The second-order valence-electron chi connectivity index (χ2n) is 5.06. The van der Waals surface area contributed by atoms with Crippen molar-refractivity contribution in [3.63, 3.8) is 0 Å². The largest absolute Gasteiger partial charge is 0.497 e. The van der Waals surface area contributed by atoms with E-state index in [1.165, 1.54) is 0 Å². The van der Waals surface area contributed by atoms with E-state index in [9.17, 15) is 8.42 Å². The molecule has 1 saturated heterocycles. The predicted molar refractivity (Wildman–Crippen MR) is 76.2 cm³/mol.